The first-order valence-electron chi connectivity index (χ1n) is 3.81. The van der Waals surface area contributed by atoms with Gasteiger partial charge in [0.1, 0.15) is 5.00 Å². The van der Waals surface area contributed by atoms with Crippen molar-refractivity contribution in [2.75, 3.05) is 5.73 Å². The highest BCUT2D eigenvalue weighted by molar-refractivity contribution is 7.15. The van der Waals surface area contributed by atoms with Gasteiger partial charge in [0, 0.05) is 0 Å². The van der Waals surface area contributed by atoms with Gasteiger partial charge in [0.25, 0.3) is 0 Å². The fraction of sp³-hybridized carbons (Fsp3) is 0.625. The number of nitrogens with zero attached hydrogens (tertiary/aromatic N) is 1. The molecular weight excluding hydrogens is 156 g/mol. The van der Waals surface area contributed by atoms with E-state index < -0.39 is 0 Å². The molecule has 0 spiro atoms. The second-order valence-electron chi connectivity index (χ2n) is 3.14. The Labute approximate surface area is 71.5 Å². The maximum absolute atomic E-state index is 5.75. The lowest BCUT2D eigenvalue weighted by molar-refractivity contribution is 0.638. The second-order valence-corrected chi connectivity index (χ2v) is 4.38. The van der Waals surface area contributed by atoms with Crippen molar-refractivity contribution in [1.29, 1.82) is 0 Å². The summed E-state index contributed by atoms with van der Waals surface area (Å²) in [4.78, 5) is 4.34. The molecule has 0 saturated heterocycles. The highest BCUT2D eigenvalue weighted by atomic mass is 32.1. The molecule has 2 nitrogen and oxygen atoms in total. The molecule has 3 heteroatoms. The van der Waals surface area contributed by atoms with Crippen LogP contribution < -0.4 is 5.73 Å². The number of rotatable bonds is 2. The van der Waals surface area contributed by atoms with E-state index in [-0.39, 0.29) is 0 Å². The van der Waals surface area contributed by atoms with Crippen LogP contribution in [0.3, 0.4) is 0 Å². The van der Waals surface area contributed by atoms with E-state index in [1.807, 2.05) is 6.92 Å². The fourth-order valence-corrected chi connectivity index (χ4v) is 1.74. The van der Waals surface area contributed by atoms with Crippen LogP contribution >= 0.6 is 11.3 Å². The van der Waals surface area contributed by atoms with E-state index in [9.17, 15) is 0 Å². The highest BCUT2D eigenvalue weighted by Gasteiger charge is 2.06. The smallest absolute Gasteiger partial charge is 0.109 e. The normalized spacial score (nSPS) is 10.9. The Morgan fingerprint density at radius 3 is 2.55 bits per heavy atom. The van der Waals surface area contributed by atoms with Gasteiger partial charge in [0.15, 0.2) is 0 Å². The molecule has 0 fully saturated rings. The zero-order valence-corrected chi connectivity index (χ0v) is 8.03. The van der Waals surface area contributed by atoms with Gasteiger partial charge in [-0.05, 0) is 19.3 Å². The molecule has 0 aliphatic rings. The Bertz CT molecular complexity index is 240. The third kappa shape index (κ3) is 2.19. The Balaban J connectivity index is 2.77. The van der Waals surface area contributed by atoms with Gasteiger partial charge in [0.2, 0.25) is 0 Å². The van der Waals surface area contributed by atoms with Gasteiger partial charge in [0.05, 0.1) is 10.7 Å². The number of aromatic nitrogens is 1. The summed E-state index contributed by atoms with van der Waals surface area (Å²) in [6.07, 6.45) is 0.996. The summed E-state index contributed by atoms with van der Waals surface area (Å²) in [5, 5.41) is 1.95. The number of nitrogens with two attached hydrogens (primary N) is 1. The molecule has 0 aromatic carbocycles. The lowest BCUT2D eigenvalue weighted by atomic mass is 10.1. The summed E-state index contributed by atoms with van der Waals surface area (Å²) in [7, 11) is 0. The van der Waals surface area contributed by atoms with E-state index in [1.165, 1.54) is 0 Å². The summed E-state index contributed by atoms with van der Waals surface area (Å²) >= 11 is 1.58. The molecule has 1 heterocycles. The number of aryl methyl sites for hydroxylation is 1. The monoisotopic (exact) mass is 170 g/mol. The molecule has 0 radical (unpaired) electrons. The van der Waals surface area contributed by atoms with E-state index in [1.54, 1.807) is 11.3 Å². The Morgan fingerprint density at radius 2 is 2.18 bits per heavy atom. The maximum Gasteiger partial charge on any atom is 0.109 e. The van der Waals surface area contributed by atoms with Crippen LogP contribution in [0.15, 0.2) is 0 Å². The minimum Gasteiger partial charge on any atom is -0.389 e. The van der Waals surface area contributed by atoms with E-state index in [0.717, 1.165) is 22.1 Å². The van der Waals surface area contributed by atoms with E-state index in [4.69, 9.17) is 5.73 Å². The average Bonchev–Trinajstić information content (AvgIpc) is 2.09. The van der Waals surface area contributed by atoms with Gasteiger partial charge >= 0.3 is 0 Å². The zero-order valence-electron chi connectivity index (χ0n) is 7.22. The molecule has 0 saturated carbocycles. The average molecular weight is 170 g/mol. The first-order valence-corrected chi connectivity index (χ1v) is 4.63. The van der Waals surface area contributed by atoms with Gasteiger partial charge in [-0.1, -0.05) is 13.8 Å². The summed E-state index contributed by atoms with van der Waals surface area (Å²) in [6, 6.07) is 0. The molecule has 0 bridgehead atoms. The van der Waals surface area contributed by atoms with E-state index in [2.05, 4.69) is 18.8 Å². The van der Waals surface area contributed by atoms with Crippen molar-refractivity contribution in [3.8, 4) is 0 Å². The van der Waals surface area contributed by atoms with Gasteiger partial charge < -0.3 is 5.73 Å². The van der Waals surface area contributed by atoms with Crippen molar-refractivity contribution < 1.29 is 0 Å². The molecule has 1 aromatic heterocycles. The largest absolute Gasteiger partial charge is 0.389 e. The third-order valence-corrected chi connectivity index (χ3v) is 2.28. The summed E-state index contributed by atoms with van der Waals surface area (Å²) < 4.78 is 0. The van der Waals surface area contributed by atoms with Gasteiger partial charge in [-0.3, -0.25) is 0 Å². The van der Waals surface area contributed by atoms with Crippen LogP contribution in [-0.4, -0.2) is 4.98 Å². The summed E-state index contributed by atoms with van der Waals surface area (Å²) in [6.45, 7) is 6.34. The van der Waals surface area contributed by atoms with Crippen molar-refractivity contribution >= 4 is 16.3 Å². The fourth-order valence-electron chi connectivity index (χ4n) is 1.02. The predicted molar refractivity (Wildman–Crippen MR) is 49.8 cm³/mol. The predicted octanol–water partition coefficient (Wildman–Crippen LogP) is 2.23. The van der Waals surface area contributed by atoms with Crippen LogP contribution in [0.25, 0.3) is 0 Å². The quantitative estimate of drug-likeness (QED) is 0.739. The Morgan fingerprint density at radius 1 is 1.55 bits per heavy atom. The van der Waals surface area contributed by atoms with E-state index >= 15 is 0 Å². The number of hydrogen-bond donors (Lipinski definition) is 1. The molecule has 0 atom stereocenters. The molecule has 11 heavy (non-hydrogen) atoms. The third-order valence-electron chi connectivity index (χ3n) is 1.44. The summed E-state index contributed by atoms with van der Waals surface area (Å²) in [5.41, 5.74) is 6.82. The maximum atomic E-state index is 5.75. The minimum absolute atomic E-state index is 0.638. The van der Waals surface area contributed by atoms with Crippen molar-refractivity contribution in [3.63, 3.8) is 0 Å². The molecule has 0 amide bonds. The molecular formula is C8H14N2S. The summed E-state index contributed by atoms with van der Waals surface area (Å²) in [5.74, 6) is 0.638. The second kappa shape index (κ2) is 3.22. The van der Waals surface area contributed by atoms with Crippen LogP contribution in [-0.2, 0) is 6.42 Å². The Kier molecular flexibility index (Phi) is 2.49. The zero-order chi connectivity index (χ0) is 8.43. The number of anilines is 1. The van der Waals surface area contributed by atoms with Crippen LogP contribution in [0, 0.1) is 12.8 Å². The lowest BCUT2D eigenvalue weighted by Crippen LogP contribution is -1.97. The number of thiazole rings is 1. The lowest BCUT2D eigenvalue weighted by Gasteiger charge is -2.00. The van der Waals surface area contributed by atoms with Crippen LogP contribution in [0.1, 0.15) is 24.5 Å². The number of hydrogen-bond acceptors (Lipinski definition) is 3. The van der Waals surface area contributed by atoms with Crippen LogP contribution in [0.5, 0.6) is 0 Å². The first kappa shape index (κ1) is 8.53. The van der Waals surface area contributed by atoms with Gasteiger partial charge in [-0.2, -0.15) is 0 Å². The molecule has 1 aromatic rings. The van der Waals surface area contributed by atoms with E-state index in [0.29, 0.717) is 5.92 Å². The first-order chi connectivity index (χ1) is 5.09. The molecule has 62 valence electrons. The van der Waals surface area contributed by atoms with Crippen molar-refractivity contribution in [2.24, 2.45) is 5.92 Å². The van der Waals surface area contributed by atoms with Crippen LogP contribution in [0.2, 0.25) is 0 Å². The minimum atomic E-state index is 0.638. The van der Waals surface area contributed by atoms with Crippen molar-refractivity contribution in [1.82, 2.24) is 4.98 Å². The van der Waals surface area contributed by atoms with Crippen LogP contribution in [0.4, 0.5) is 5.00 Å². The standard InChI is InChI=1S/C8H14N2S/c1-5(2)4-7-8(9)11-6(3)10-7/h5H,4,9H2,1-3H3. The van der Waals surface area contributed by atoms with Crippen molar-refractivity contribution in [2.45, 2.75) is 27.2 Å². The van der Waals surface area contributed by atoms with Gasteiger partial charge in [-0.15, -0.1) is 11.3 Å². The topological polar surface area (TPSA) is 38.9 Å². The molecule has 0 unspecified atom stereocenters. The highest BCUT2D eigenvalue weighted by Crippen LogP contribution is 2.22. The molecule has 0 aliphatic heterocycles. The Hall–Kier alpha value is -0.570. The van der Waals surface area contributed by atoms with Crippen molar-refractivity contribution in [3.05, 3.63) is 10.7 Å². The molecule has 2 N–H and O–H groups in total. The molecule has 0 aliphatic carbocycles. The molecule has 1 rings (SSSR count). The SMILES string of the molecule is Cc1nc(CC(C)C)c(N)s1. The van der Waals surface area contributed by atoms with Gasteiger partial charge in [-0.25, -0.2) is 4.98 Å². The number of nitrogen functional groups attached to an aromatic ring is 1.